The standard InChI is InChI=1S/C30H28N4O3S/c35-38-16-14-34(15-17-38)19-26-11-13-29(37-26)23-6-12-28-27(18-23)30(32-21-31-28)33-24-7-9-25(10-8-24)36-20-22-4-2-1-3-5-22/h1-13,18,21H,14-17,19-20H2,(H,31,32,33). The minimum absolute atomic E-state index is 0.528. The van der Waals surface area contributed by atoms with Crippen LogP contribution in [0.2, 0.25) is 0 Å². The predicted octanol–water partition coefficient (Wildman–Crippen LogP) is 5.78. The van der Waals surface area contributed by atoms with Gasteiger partial charge >= 0.3 is 0 Å². The number of benzene rings is 3. The van der Waals surface area contributed by atoms with Crippen molar-refractivity contribution >= 4 is 33.2 Å². The summed E-state index contributed by atoms with van der Waals surface area (Å²) in [5.41, 5.74) is 3.85. The van der Waals surface area contributed by atoms with Gasteiger partial charge in [-0.25, -0.2) is 9.97 Å². The molecule has 0 spiro atoms. The summed E-state index contributed by atoms with van der Waals surface area (Å²) in [6.07, 6.45) is 1.57. The third-order valence-corrected chi connectivity index (χ3v) is 7.87. The summed E-state index contributed by atoms with van der Waals surface area (Å²) >= 11 is 0. The monoisotopic (exact) mass is 524 g/mol. The van der Waals surface area contributed by atoms with Crippen molar-refractivity contribution < 1.29 is 13.4 Å². The average Bonchev–Trinajstić information content (AvgIpc) is 3.43. The Morgan fingerprint density at radius 2 is 1.74 bits per heavy atom. The summed E-state index contributed by atoms with van der Waals surface area (Å²) in [7, 11) is -0.680. The molecule has 0 aliphatic carbocycles. The third-order valence-electron chi connectivity index (χ3n) is 6.60. The van der Waals surface area contributed by atoms with Crippen LogP contribution in [-0.2, 0) is 24.0 Å². The van der Waals surface area contributed by atoms with E-state index in [1.165, 1.54) is 0 Å². The topological polar surface area (TPSA) is 80.5 Å². The number of hydrogen-bond acceptors (Lipinski definition) is 7. The number of furan rings is 1. The maximum absolute atomic E-state index is 11.6. The lowest BCUT2D eigenvalue weighted by Crippen LogP contribution is -2.37. The van der Waals surface area contributed by atoms with Crippen molar-refractivity contribution in [2.75, 3.05) is 29.9 Å². The van der Waals surface area contributed by atoms with Crippen LogP contribution in [0.1, 0.15) is 11.3 Å². The number of rotatable bonds is 8. The van der Waals surface area contributed by atoms with Gasteiger partial charge in [0.15, 0.2) is 0 Å². The van der Waals surface area contributed by atoms with Gasteiger partial charge < -0.3 is 14.5 Å². The Morgan fingerprint density at radius 1 is 0.921 bits per heavy atom. The van der Waals surface area contributed by atoms with Crippen LogP contribution in [0, 0.1) is 0 Å². The molecule has 1 fully saturated rings. The Morgan fingerprint density at radius 3 is 2.55 bits per heavy atom. The van der Waals surface area contributed by atoms with Gasteiger partial charge in [0.05, 0.1) is 12.1 Å². The maximum atomic E-state index is 11.6. The molecule has 0 saturated carbocycles. The molecule has 3 aromatic carbocycles. The normalized spacial score (nSPS) is 14.5. The average molecular weight is 525 g/mol. The molecule has 5 aromatic rings. The quantitative estimate of drug-likeness (QED) is 0.276. The fraction of sp³-hybridized carbons (Fsp3) is 0.200. The minimum atomic E-state index is -0.680. The molecule has 0 atom stereocenters. The summed E-state index contributed by atoms with van der Waals surface area (Å²) in [5, 5.41) is 4.33. The van der Waals surface area contributed by atoms with Crippen molar-refractivity contribution in [1.29, 1.82) is 0 Å². The van der Waals surface area contributed by atoms with Crippen LogP contribution in [0.15, 0.2) is 95.7 Å². The highest BCUT2D eigenvalue weighted by molar-refractivity contribution is 7.85. The van der Waals surface area contributed by atoms with Crippen LogP contribution < -0.4 is 10.1 Å². The van der Waals surface area contributed by atoms with E-state index in [0.717, 1.165) is 81.9 Å². The molecule has 6 rings (SSSR count). The lowest BCUT2D eigenvalue weighted by Gasteiger charge is -2.24. The van der Waals surface area contributed by atoms with E-state index < -0.39 is 10.8 Å². The Bertz CT molecular complexity index is 1540. The van der Waals surface area contributed by atoms with Gasteiger partial charge in [-0.2, -0.15) is 0 Å². The van der Waals surface area contributed by atoms with Gasteiger partial charge in [0.1, 0.15) is 36.0 Å². The van der Waals surface area contributed by atoms with Gasteiger partial charge in [-0.1, -0.05) is 30.3 Å². The van der Waals surface area contributed by atoms with E-state index in [4.69, 9.17) is 9.15 Å². The van der Waals surface area contributed by atoms with E-state index in [1.54, 1.807) is 6.33 Å². The summed E-state index contributed by atoms with van der Waals surface area (Å²) in [5.74, 6) is 4.71. The second-order valence-electron chi connectivity index (χ2n) is 9.27. The first-order valence-corrected chi connectivity index (χ1v) is 14.1. The zero-order chi connectivity index (χ0) is 25.7. The molecule has 2 aromatic heterocycles. The molecule has 7 nitrogen and oxygen atoms in total. The maximum Gasteiger partial charge on any atom is 0.141 e. The van der Waals surface area contributed by atoms with E-state index in [2.05, 4.69) is 26.3 Å². The summed E-state index contributed by atoms with van der Waals surface area (Å²) in [6, 6.07) is 28.1. The number of nitrogens with one attached hydrogen (secondary N) is 1. The number of hydrogen-bond donors (Lipinski definition) is 1. The number of fused-ring (bicyclic) bond motifs is 1. The van der Waals surface area contributed by atoms with Crippen molar-refractivity contribution in [2.45, 2.75) is 13.2 Å². The zero-order valence-electron chi connectivity index (χ0n) is 20.9. The SMILES string of the molecule is O=S1CCN(Cc2ccc(-c3ccc4ncnc(Nc5ccc(OCc6ccccc6)cc5)c4c3)o2)CC1. The van der Waals surface area contributed by atoms with Crippen molar-refractivity contribution in [1.82, 2.24) is 14.9 Å². The minimum Gasteiger partial charge on any atom is -0.489 e. The molecule has 1 saturated heterocycles. The molecule has 1 aliphatic rings. The number of ether oxygens (including phenoxy) is 1. The van der Waals surface area contributed by atoms with Crippen molar-refractivity contribution in [3.05, 3.63) is 103 Å². The van der Waals surface area contributed by atoms with E-state index in [0.29, 0.717) is 6.61 Å². The first-order chi connectivity index (χ1) is 18.7. The molecular formula is C30H28N4O3S. The van der Waals surface area contributed by atoms with Crippen LogP contribution in [0.4, 0.5) is 11.5 Å². The summed E-state index contributed by atoms with van der Waals surface area (Å²) in [6.45, 7) is 2.93. The second-order valence-corrected chi connectivity index (χ2v) is 11.0. The Labute approximate surface area is 223 Å². The van der Waals surface area contributed by atoms with E-state index in [1.807, 2.05) is 78.9 Å². The fourth-order valence-corrected chi connectivity index (χ4v) is 5.62. The number of anilines is 2. The number of aromatic nitrogens is 2. The van der Waals surface area contributed by atoms with Gasteiger partial charge in [0.2, 0.25) is 0 Å². The molecular weight excluding hydrogens is 496 g/mol. The van der Waals surface area contributed by atoms with Gasteiger partial charge in [-0.3, -0.25) is 9.11 Å². The lowest BCUT2D eigenvalue weighted by molar-refractivity contribution is 0.266. The molecule has 0 radical (unpaired) electrons. The van der Waals surface area contributed by atoms with Crippen LogP contribution in [0.3, 0.4) is 0 Å². The zero-order valence-corrected chi connectivity index (χ0v) is 21.7. The molecule has 8 heteroatoms. The molecule has 192 valence electrons. The Hall–Kier alpha value is -4.01. The van der Waals surface area contributed by atoms with Crippen molar-refractivity contribution in [2.24, 2.45) is 0 Å². The molecule has 0 unspecified atom stereocenters. The molecule has 0 bridgehead atoms. The molecule has 38 heavy (non-hydrogen) atoms. The first kappa shape index (κ1) is 24.3. The Kier molecular flexibility index (Phi) is 7.15. The highest BCUT2D eigenvalue weighted by Crippen LogP contribution is 2.30. The van der Waals surface area contributed by atoms with E-state index >= 15 is 0 Å². The van der Waals surface area contributed by atoms with Crippen LogP contribution in [0.5, 0.6) is 5.75 Å². The molecule has 0 amide bonds. The van der Waals surface area contributed by atoms with Crippen molar-refractivity contribution in [3.63, 3.8) is 0 Å². The largest absolute Gasteiger partial charge is 0.489 e. The highest BCUT2D eigenvalue weighted by atomic mass is 32.2. The highest BCUT2D eigenvalue weighted by Gasteiger charge is 2.17. The van der Waals surface area contributed by atoms with Crippen LogP contribution in [0.25, 0.3) is 22.2 Å². The van der Waals surface area contributed by atoms with Gasteiger partial charge in [0, 0.05) is 52.0 Å². The smallest absolute Gasteiger partial charge is 0.141 e. The summed E-state index contributed by atoms with van der Waals surface area (Å²) < 4.78 is 23.7. The predicted molar refractivity (Wildman–Crippen MR) is 151 cm³/mol. The fourth-order valence-electron chi connectivity index (χ4n) is 4.49. The van der Waals surface area contributed by atoms with Gasteiger partial charge in [0.25, 0.3) is 0 Å². The molecule has 3 heterocycles. The number of nitrogens with zero attached hydrogens (tertiary/aromatic N) is 3. The van der Waals surface area contributed by atoms with Gasteiger partial charge in [-0.05, 0) is 60.2 Å². The van der Waals surface area contributed by atoms with E-state index in [-0.39, 0.29) is 0 Å². The first-order valence-electron chi connectivity index (χ1n) is 12.6. The van der Waals surface area contributed by atoms with Crippen LogP contribution in [-0.4, -0.2) is 43.7 Å². The molecule has 1 N–H and O–H groups in total. The molecule has 1 aliphatic heterocycles. The second kappa shape index (κ2) is 11.2. The third kappa shape index (κ3) is 5.77. The van der Waals surface area contributed by atoms with Gasteiger partial charge in [-0.15, -0.1) is 0 Å². The summed E-state index contributed by atoms with van der Waals surface area (Å²) in [4.78, 5) is 11.2. The van der Waals surface area contributed by atoms with Crippen LogP contribution >= 0.6 is 0 Å². The van der Waals surface area contributed by atoms with Crippen molar-refractivity contribution in [3.8, 4) is 17.1 Å². The lowest BCUT2D eigenvalue weighted by atomic mass is 10.1. The Balaban J connectivity index is 1.16. The van der Waals surface area contributed by atoms with E-state index in [9.17, 15) is 4.21 Å².